The average Bonchev–Trinajstić information content (AvgIpc) is 2.86. The monoisotopic (exact) mass is 278 g/mol. The first-order valence-corrected chi connectivity index (χ1v) is 5.76. The molecule has 19 heavy (non-hydrogen) atoms. The molecule has 7 heteroatoms. The maximum atomic E-state index is 13.1. The van der Waals surface area contributed by atoms with Crippen LogP contribution >= 0.6 is 11.6 Å². The smallest absolute Gasteiger partial charge is 0.160 e. The largest absolute Gasteiger partial charge is 0.395 e. The van der Waals surface area contributed by atoms with Gasteiger partial charge < -0.3 is 11.1 Å². The van der Waals surface area contributed by atoms with E-state index < -0.39 is 5.82 Å². The summed E-state index contributed by atoms with van der Waals surface area (Å²) in [7, 11) is 0. The molecule has 3 N–H and O–H groups in total. The number of nitrogens with zero attached hydrogens (tertiary/aromatic N) is 2. The number of nitrogens with one attached hydrogen (secondary N) is 1. The SMILES string of the molecule is Nc1c(Nc2ccc(F)c(Cl)c2)ccc2nonc12. The Balaban J connectivity index is 2.00. The summed E-state index contributed by atoms with van der Waals surface area (Å²) in [4.78, 5) is 0. The number of benzene rings is 2. The normalized spacial score (nSPS) is 10.8. The highest BCUT2D eigenvalue weighted by molar-refractivity contribution is 6.31. The van der Waals surface area contributed by atoms with Gasteiger partial charge in [-0.3, -0.25) is 0 Å². The summed E-state index contributed by atoms with van der Waals surface area (Å²) in [6.45, 7) is 0. The molecule has 2 aromatic carbocycles. The van der Waals surface area contributed by atoms with Gasteiger partial charge in [0.25, 0.3) is 0 Å². The molecule has 0 atom stereocenters. The number of anilines is 3. The third-order valence-corrected chi connectivity index (χ3v) is 2.96. The maximum Gasteiger partial charge on any atom is 0.160 e. The molecule has 0 aliphatic carbocycles. The molecule has 0 aliphatic rings. The summed E-state index contributed by atoms with van der Waals surface area (Å²) in [6, 6.07) is 7.76. The third kappa shape index (κ3) is 2.06. The lowest BCUT2D eigenvalue weighted by Crippen LogP contribution is -1.97. The minimum absolute atomic E-state index is 0.0350. The van der Waals surface area contributed by atoms with Crippen molar-refractivity contribution in [2.75, 3.05) is 11.1 Å². The molecule has 1 aromatic heterocycles. The quantitative estimate of drug-likeness (QED) is 0.703. The second-order valence-electron chi connectivity index (χ2n) is 3.91. The lowest BCUT2D eigenvalue weighted by Gasteiger charge is -2.09. The topological polar surface area (TPSA) is 77.0 Å². The van der Waals surface area contributed by atoms with Crippen molar-refractivity contribution in [1.82, 2.24) is 10.3 Å². The average molecular weight is 279 g/mol. The van der Waals surface area contributed by atoms with Crippen molar-refractivity contribution < 1.29 is 9.02 Å². The minimum Gasteiger partial charge on any atom is -0.395 e. The Hall–Kier alpha value is -2.34. The summed E-state index contributed by atoms with van der Waals surface area (Å²) in [5, 5.41) is 10.5. The van der Waals surface area contributed by atoms with Crippen molar-refractivity contribution in [1.29, 1.82) is 0 Å². The Bertz CT molecular complexity index is 759. The molecule has 1 heterocycles. The van der Waals surface area contributed by atoms with Crippen LogP contribution < -0.4 is 11.1 Å². The molecule has 0 saturated carbocycles. The van der Waals surface area contributed by atoms with Gasteiger partial charge in [0.1, 0.15) is 11.3 Å². The van der Waals surface area contributed by atoms with Crippen LogP contribution in [0.15, 0.2) is 35.0 Å². The van der Waals surface area contributed by atoms with E-state index in [2.05, 4.69) is 20.3 Å². The Kier molecular flexibility index (Phi) is 2.72. The van der Waals surface area contributed by atoms with Crippen LogP contribution in [0.4, 0.5) is 21.5 Å². The molecule has 0 unspecified atom stereocenters. The fraction of sp³-hybridized carbons (Fsp3) is 0. The molecular formula is C12H8ClFN4O. The molecule has 0 spiro atoms. The van der Waals surface area contributed by atoms with Crippen molar-refractivity contribution >= 4 is 39.7 Å². The lowest BCUT2D eigenvalue weighted by molar-refractivity contribution is 0.315. The first-order valence-electron chi connectivity index (χ1n) is 5.38. The zero-order chi connectivity index (χ0) is 13.4. The molecule has 96 valence electrons. The van der Waals surface area contributed by atoms with Crippen LogP contribution in [0.2, 0.25) is 5.02 Å². The molecule has 3 aromatic rings. The van der Waals surface area contributed by atoms with Crippen molar-refractivity contribution in [3.63, 3.8) is 0 Å². The van der Waals surface area contributed by atoms with Crippen molar-refractivity contribution in [2.45, 2.75) is 0 Å². The van der Waals surface area contributed by atoms with Crippen LogP contribution in [0, 0.1) is 5.82 Å². The Morgan fingerprint density at radius 2 is 2.05 bits per heavy atom. The molecule has 0 amide bonds. The van der Waals surface area contributed by atoms with Gasteiger partial charge in [0, 0.05) is 5.69 Å². The fourth-order valence-corrected chi connectivity index (χ4v) is 1.89. The van der Waals surface area contributed by atoms with E-state index in [1.54, 1.807) is 18.2 Å². The highest BCUT2D eigenvalue weighted by atomic mass is 35.5. The predicted molar refractivity (Wildman–Crippen MR) is 70.9 cm³/mol. The van der Waals surface area contributed by atoms with Gasteiger partial charge in [0.05, 0.1) is 16.4 Å². The molecule has 3 rings (SSSR count). The van der Waals surface area contributed by atoms with Crippen LogP contribution in [0.25, 0.3) is 11.0 Å². The Labute approximate surface area is 112 Å². The molecular weight excluding hydrogens is 271 g/mol. The van der Waals surface area contributed by atoms with Crippen LogP contribution in [0.3, 0.4) is 0 Å². The molecule has 0 saturated heterocycles. The van der Waals surface area contributed by atoms with E-state index in [1.807, 2.05) is 0 Å². The maximum absolute atomic E-state index is 13.1. The van der Waals surface area contributed by atoms with Crippen LogP contribution in [-0.2, 0) is 0 Å². The summed E-state index contributed by atoms with van der Waals surface area (Å²) < 4.78 is 17.7. The standard InChI is InChI=1S/C12H8ClFN4O/c13-7-5-6(1-2-8(7)14)16-9-3-4-10-12(11(9)15)18-19-17-10/h1-5,16H,15H2. The second kappa shape index (κ2) is 4.40. The number of fused-ring (bicyclic) bond motifs is 1. The molecule has 5 nitrogen and oxygen atoms in total. The summed E-state index contributed by atoms with van der Waals surface area (Å²) >= 11 is 5.71. The highest BCUT2D eigenvalue weighted by Gasteiger charge is 2.10. The third-order valence-electron chi connectivity index (χ3n) is 2.67. The summed E-state index contributed by atoms with van der Waals surface area (Å²) in [5.74, 6) is -0.476. The Morgan fingerprint density at radius 3 is 2.84 bits per heavy atom. The number of rotatable bonds is 2. The molecule has 0 bridgehead atoms. The van der Waals surface area contributed by atoms with Gasteiger partial charge in [-0.25, -0.2) is 9.02 Å². The molecule has 0 radical (unpaired) electrons. The highest BCUT2D eigenvalue weighted by Crippen LogP contribution is 2.30. The van der Waals surface area contributed by atoms with Gasteiger partial charge in [0.2, 0.25) is 0 Å². The fourth-order valence-electron chi connectivity index (χ4n) is 1.71. The molecule has 0 aliphatic heterocycles. The Morgan fingerprint density at radius 1 is 1.21 bits per heavy atom. The number of nitrogen functional groups attached to an aromatic ring is 1. The first kappa shape index (κ1) is 11.7. The van der Waals surface area contributed by atoms with Crippen LogP contribution in [-0.4, -0.2) is 10.3 Å². The molecule has 0 fully saturated rings. The van der Waals surface area contributed by atoms with Gasteiger partial charge in [-0.2, -0.15) is 0 Å². The number of nitrogens with two attached hydrogens (primary N) is 1. The van der Waals surface area contributed by atoms with Gasteiger partial charge in [-0.05, 0) is 40.6 Å². The number of aromatic nitrogens is 2. The van der Waals surface area contributed by atoms with Crippen LogP contribution in [0.5, 0.6) is 0 Å². The van der Waals surface area contributed by atoms with Gasteiger partial charge in [-0.15, -0.1) is 0 Å². The minimum atomic E-state index is -0.476. The zero-order valence-corrected chi connectivity index (χ0v) is 10.3. The summed E-state index contributed by atoms with van der Waals surface area (Å²) in [5.41, 5.74) is 8.63. The van der Waals surface area contributed by atoms with E-state index in [4.69, 9.17) is 17.3 Å². The van der Waals surface area contributed by atoms with Crippen molar-refractivity contribution in [3.8, 4) is 0 Å². The lowest BCUT2D eigenvalue weighted by atomic mass is 10.2. The van der Waals surface area contributed by atoms with E-state index in [0.717, 1.165) is 0 Å². The summed E-state index contributed by atoms with van der Waals surface area (Å²) in [6.07, 6.45) is 0. The van der Waals surface area contributed by atoms with E-state index in [-0.39, 0.29) is 5.02 Å². The first-order chi connectivity index (χ1) is 9.15. The number of halogens is 2. The van der Waals surface area contributed by atoms with Crippen molar-refractivity contribution in [3.05, 3.63) is 41.2 Å². The van der Waals surface area contributed by atoms with E-state index in [9.17, 15) is 4.39 Å². The number of hydrogen-bond donors (Lipinski definition) is 2. The van der Waals surface area contributed by atoms with Gasteiger partial charge in [0.15, 0.2) is 5.52 Å². The van der Waals surface area contributed by atoms with Crippen LogP contribution in [0.1, 0.15) is 0 Å². The van der Waals surface area contributed by atoms with Gasteiger partial charge >= 0.3 is 0 Å². The van der Waals surface area contributed by atoms with E-state index >= 15 is 0 Å². The van der Waals surface area contributed by atoms with Crippen molar-refractivity contribution in [2.24, 2.45) is 0 Å². The second-order valence-corrected chi connectivity index (χ2v) is 4.32. The number of hydrogen-bond acceptors (Lipinski definition) is 5. The zero-order valence-electron chi connectivity index (χ0n) is 9.52. The van der Waals surface area contributed by atoms with E-state index in [0.29, 0.717) is 28.1 Å². The van der Waals surface area contributed by atoms with Gasteiger partial charge in [-0.1, -0.05) is 11.6 Å². The predicted octanol–water partition coefficient (Wildman–Crippen LogP) is 3.34. The van der Waals surface area contributed by atoms with E-state index in [1.165, 1.54) is 12.1 Å².